The van der Waals surface area contributed by atoms with Crippen LogP contribution in [0.25, 0.3) is 0 Å². The third-order valence-corrected chi connectivity index (χ3v) is 2.61. The van der Waals surface area contributed by atoms with E-state index in [-0.39, 0.29) is 0 Å². The van der Waals surface area contributed by atoms with Gasteiger partial charge in [-0.1, -0.05) is 0 Å². The number of likely N-dealkylation sites (tertiary alicyclic amines) is 1. The Morgan fingerprint density at radius 3 is 2.93 bits per heavy atom. The molecule has 0 aliphatic carbocycles. The van der Waals surface area contributed by atoms with Crippen LogP contribution in [0, 0.1) is 0 Å². The zero-order chi connectivity index (χ0) is 10.5. The monoisotopic (exact) mass is 207 g/mol. The van der Waals surface area contributed by atoms with Gasteiger partial charge in [0.2, 0.25) is 5.95 Å². The first-order valence-corrected chi connectivity index (χ1v) is 5.39. The number of nitrogens with one attached hydrogen (secondary N) is 1. The van der Waals surface area contributed by atoms with Gasteiger partial charge in [0.1, 0.15) is 5.82 Å². The number of rotatable bonds is 4. The first-order chi connectivity index (χ1) is 7.34. The molecule has 0 atom stereocenters. The molecule has 15 heavy (non-hydrogen) atoms. The third-order valence-electron chi connectivity index (χ3n) is 2.61. The number of nitrogens with zero attached hydrogens (tertiary/aromatic N) is 3. The first-order valence-electron chi connectivity index (χ1n) is 5.39. The van der Waals surface area contributed by atoms with Crippen molar-refractivity contribution in [3.8, 4) is 0 Å². The van der Waals surface area contributed by atoms with E-state index < -0.39 is 0 Å². The molecule has 5 heteroatoms. The molecule has 0 saturated carbocycles. The highest BCUT2D eigenvalue weighted by Crippen LogP contribution is 2.07. The van der Waals surface area contributed by atoms with Gasteiger partial charge in [0, 0.05) is 19.3 Å². The molecule has 2 heterocycles. The highest BCUT2D eigenvalue weighted by atomic mass is 15.2. The molecule has 1 aliphatic rings. The second-order valence-corrected chi connectivity index (χ2v) is 3.78. The van der Waals surface area contributed by atoms with Gasteiger partial charge in [-0.3, -0.25) is 0 Å². The van der Waals surface area contributed by atoms with Crippen LogP contribution in [0.3, 0.4) is 0 Å². The Bertz CT molecular complexity index is 308. The van der Waals surface area contributed by atoms with Crippen molar-refractivity contribution >= 4 is 11.8 Å². The number of nitrogen functional groups attached to an aromatic ring is 1. The Morgan fingerprint density at radius 1 is 1.40 bits per heavy atom. The fourth-order valence-corrected chi connectivity index (χ4v) is 1.82. The highest BCUT2D eigenvalue weighted by molar-refractivity contribution is 5.37. The zero-order valence-electron chi connectivity index (χ0n) is 8.82. The molecule has 3 N–H and O–H groups in total. The number of aromatic nitrogens is 2. The molecule has 1 aromatic heterocycles. The van der Waals surface area contributed by atoms with Crippen molar-refractivity contribution in [1.82, 2.24) is 14.9 Å². The van der Waals surface area contributed by atoms with Crippen molar-refractivity contribution in [3.63, 3.8) is 0 Å². The van der Waals surface area contributed by atoms with E-state index in [0.29, 0.717) is 5.95 Å². The number of hydrogen-bond acceptors (Lipinski definition) is 5. The van der Waals surface area contributed by atoms with Gasteiger partial charge in [0.25, 0.3) is 0 Å². The molecule has 1 aliphatic heterocycles. The second-order valence-electron chi connectivity index (χ2n) is 3.78. The second kappa shape index (κ2) is 4.93. The summed E-state index contributed by atoms with van der Waals surface area (Å²) in [4.78, 5) is 10.4. The summed E-state index contributed by atoms with van der Waals surface area (Å²) in [7, 11) is 0. The van der Waals surface area contributed by atoms with Crippen LogP contribution >= 0.6 is 0 Å². The van der Waals surface area contributed by atoms with Gasteiger partial charge < -0.3 is 16.0 Å². The van der Waals surface area contributed by atoms with Crippen molar-refractivity contribution in [2.75, 3.05) is 37.2 Å². The van der Waals surface area contributed by atoms with Crippen molar-refractivity contribution in [2.45, 2.75) is 12.8 Å². The summed E-state index contributed by atoms with van der Waals surface area (Å²) in [6.07, 6.45) is 4.33. The van der Waals surface area contributed by atoms with E-state index in [9.17, 15) is 0 Å². The van der Waals surface area contributed by atoms with Crippen LogP contribution in [0.5, 0.6) is 0 Å². The SMILES string of the molecule is Nc1nccc(NCCN2CCCC2)n1. The molecule has 0 bridgehead atoms. The van der Waals surface area contributed by atoms with Crippen LogP contribution in [0.2, 0.25) is 0 Å². The smallest absolute Gasteiger partial charge is 0.221 e. The topological polar surface area (TPSA) is 67.1 Å². The third kappa shape index (κ3) is 3.06. The number of hydrogen-bond donors (Lipinski definition) is 2. The maximum atomic E-state index is 5.48. The fraction of sp³-hybridized carbons (Fsp3) is 0.600. The molecular weight excluding hydrogens is 190 g/mol. The minimum absolute atomic E-state index is 0.321. The lowest BCUT2D eigenvalue weighted by molar-refractivity contribution is 0.352. The predicted octanol–water partition coefficient (Wildman–Crippen LogP) is 0.566. The minimum atomic E-state index is 0.321. The summed E-state index contributed by atoms with van der Waals surface area (Å²) in [5.74, 6) is 1.13. The fourth-order valence-electron chi connectivity index (χ4n) is 1.82. The van der Waals surface area contributed by atoms with Crippen LogP contribution in [-0.4, -0.2) is 41.0 Å². The molecule has 82 valence electrons. The molecule has 0 radical (unpaired) electrons. The van der Waals surface area contributed by atoms with Gasteiger partial charge in [0.15, 0.2) is 0 Å². The standard InChI is InChI=1S/C10H17N5/c11-10-13-4-3-9(14-10)12-5-8-15-6-1-2-7-15/h3-4H,1-2,5-8H2,(H3,11,12,13,14). The predicted molar refractivity (Wildman–Crippen MR) is 60.6 cm³/mol. The molecule has 1 fully saturated rings. The van der Waals surface area contributed by atoms with E-state index in [4.69, 9.17) is 5.73 Å². The van der Waals surface area contributed by atoms with E-state index in [0.717, 1.165) is 18.9 Å². The van der Waals surface area contributed by atoms with Gasteiger partial charge in [-0.2, -0.15) is 4.98 Å². The average molecular weight is 207 g/mol. The van der Waals surface area contributed by atoms with Gasteiger partial charge in [-0.25, -0.2) is 4.98 Å². The van der Waals surface area contributed by atoms with Crippen molar-refractivity contribution in [1.29, 1.82) is 0 Å². The van der Waals surface area contributed by atoms with Gasteiger partial charge in [-0.15, -0.1) is 0 Å². The molecule has 5 nitrogen and oxygen atoms in total. The van der Waals surface area contributed by atoms with Gasteiger partial charge in [-0.05, 0) is 32.0 Å². The lowest BCUT2D eigenvalue weighted by Gasteiger charge is -2.14. The van der Waals surface area contributed by atoms with Crippen LogP contribution in [0.1, 0.15) is 12.8 Å². The summed E-state index contributed by atoms with van der Waals surface area (Å²) in [6.45, 7) is 4.45. The summed E-state index contributed by atoms with van der Waals surface area (Å²) in [5.41, 5.74) is 5.48. The minimum Gasteiger partial charge on any atom is -0.369 e. The zero-order valence-corrected chi connectivity index (χ0v) is 8.82. The molecule has 0 unspecified atom stereocenters. The Labute approximate surface area is 89.7 Å². The molecule has 0 aromatic carbocycles. The molecular formula is C10H17N5. The summed E-state index contributed by atoms with van der Waals surface area (Å²) < 4.78 is 0. The van der Waals surface area contributed by atoms with Crippen LogP contribution in [-0.2, 0) is 0 Å². The van der Waals surface area contributed by atoms with E-state index >= 15 is 0 Å². The quantitative estimate of drug-likeness (QED) is 0.755. The van der Waals surface area contributed by atoms with Crippen molar-refractivity contribution in [3.05, 3.63) is 12.3 Å². The molecule has 0 amide bonds. The maximum absolute atomic E-state index is 5.48. The average Bonchev–Trinajstić information content (AvgIpc) is 2.71. The van der Waals surface area contributed by atoms with Crippen LogP contribution < -0.4 is 11.1 Å². The van der Waals surface area contributed by atoms with Crippen LogP contribution in [0.15, 0.2) is 12.3 Å². The Balaban J connectivity index is 1.73. The van der Waals surface area contributed by atoms with E-state index in [1.165, 1.54) is 25.9 Å². The maximum Gasteiger partial charge on any atom is 0.221 e. The highest BCUT2D eigenvalue weighted by Gasteiger charge is 2.10. The number of anilines is 2. The van der Waals surface area contributed by atoms with E-state index in [1.54, 1.807) is 6.20 Å². The van der Waals surface area contributed by atoms with Crippen molar-refractivity contribution in [2.24, 2.45) is 0 Å². The lowest BCUT2D eigenvalue weighted by atomic mass is 10.4. The van der Waals surface area contributed by atoms with Crippen molar-refractivity contribution < 1.29 is 0 Å². The molecule has 2 rings (SSSR count). The van der Waals surface area contributed by atoms with Gasteiger partial charge in [0.05, 0.1) is 0 Å². The van der Waals surface area contributed by atoms with Gasteiger partial charge >= 0.3 is 0 Å². The van der Waals surface area contributed by atoms with Crippen LogP contribution in [0.4, 0.5) is 11.8 Å². The molecule has 1 saturated heterocycles. The molecule has 0 spiro atoms. The Kier molecular flexibility index (Phi) is 3.34. The summed E-state index contributed by atoms with van der Waals surface area (Å²) in [6, 6.07) is 1.83. The van der Waals surface area contributed by atoms with E-state index in [2.05, 4.69) is 20.2 Å². The Hall–Kier alpha value is -1.36. The first kappa shape index (κ1) is 10.2. The van der Waals surface area contributed by atoms with E-state index in [1.807, 2.05) is 6.07 Å². The molecule has 1 aromatic rings. The summed E-state index contributed by atoms with van der Waals surface area (Å²) in [5, 5.41) is 3.24. The largest absolute Gasteiger partial charge is 0.369 e. The summed E-state index contributed by atoms with van der Waals surface area (Å²) >= 11 is 0. The lowest BCUT2D eigenvalue weighted by Crippen LogP contribution is -2.26. The number of nitrogens with two attached hydrogens (primary N) is 1. The Morgan fingerprint density at radius 2 is 2.20 bits per heavy atom. The normalized spacial score (nSPS) is 16.8.